The third-order valence-electron chi connectivity index (χ3n) is 2.78. The van der Waals surface area contributed by atoms with Crippen LogP contribution in [0, 0.1) is 0 Å². The van der Waals surface area contributed by atoms with Crippen molar-refractivity contribution in [3.05, 3.63) is 65.7 Å². The lowest BCUT2D eigenvalue weighted by Crippen LogP contribution is -2.22. The van der Waals surface area contributed by atoms with E-state index >= 15 is 0 Å². The van der Waals surface area contributed by atoms with Crippen LogP contribution in [-0.4, -0.2) is 22.1 Å². The lowest BCUT2D eigenvalue weighted by atomic mass is 10.1. The molecule has 0 aliphatic rings. The van der Waals surface area contributed by atoms with Gasteiger partial charge in [0.25, 0.3) is 5.91 Å². The molecule has 0 heterocycles. The minimum Gasteiger partial charge on any atom is -0.478 e. The van der Waals surface area contributed by atoms with Gasteiger partial charge in [-0.25, -0.2) is 4.79 Å². The highest BCUT2D eigenvalue weighted by Crippen LogP contribution is 2.19. The van der Waals surface area contributed by atoms with Gasteiger partial charge in [0.15, 0.2) is 6.10 Å². The fourth-order valence-electron chi connectivity index (χ4n) is 1.77. The molecule has 2 aromatic carbocycles. The molecular formula is C15H13NO4. The summed E-state index contributed by atoms with van der Waals surface area (Å²) >= 11 is 0. The van der Waals surface area contributed by atoms with Crippen molar-refractivity contribution in [2.24, 2.45) is 0 Å². The minimum absolute atomic E-state index is 0.0267. The average Bonchev–Trinajstić information content (AvgIpc) is 2.47. The topological polar surface area (TPSA) is 86.6 Å². The van der Waals surface area contributed by atoms with Crippen LogP contribution < -0.4 is 5.32 Å². The molecule has 20 heavy (non-hydrogen) atoms. The summed E-state index contributed by atoms with van der Waals surface area (Å²) in [5, 5.41) is 21.4. The van der Waals surface area contributed by atoms with E-state index in [0.717, 1.165) is 0 Å². The molecule has 0 fully saturated rings. The molecule has 2 aromatic rings. The maximum Gasteiger partial charge on any atom is 0.337 e. The van der Waals surface area contributed by atoms with Crippen LogP contribution in [0.3, 0.4) is 0 Å². The molecule has 1 unspecified atom stereocenters. The zero-order valence-electron chi connectivity index (χ0n) is 10.5. The average molecular weight is 271 g/mol. The monoisotopic (exact) mass is 271 g/mol. The Morgan fingerprint density at radius 1 is 0.950 bits per heavy atom. The first-order chi connectivity index (χ1) is 9.59. The van der Waals surface area contributed by atoms with Crippen LogP contribution in [0.1, 0.15) is 22.0 Å². The molecule has 1 atom stereocenters. The number of hydrogen-bond acceptors (Lipinski definition) is 3. The highest BCUT2D eigenvalue weighted by molar-refractivity contribution is 6.01. The number of para-hydroxylation sites is 1. The summed E-state index contributed by atoms with van der Waals surface area (Å²) in [5.74, 6) is -1.82. The van der Waals surface area contributed by atoms with Gasteiger partial charge in [0.05, 0.1) is 11.3 Å². The summed E-state index contributed by atoms with van der Waals surface area (Å²) in [7, 11) is 0. The molecule has 3 N–H and O–H groups in total. The van der Waals surface area contributed by atoms with Gasteiger partial charge < -0.3 is 15.5 Å². The number of aliphatic hydroxyl groups excluding tert-OH is 1. The zero-order valence-corrected chi connectivity index (χ0v) is 10.5. The molecule has 0 radical (unpaired) electrons. The summed E-state index contributed by atoms with van der Waals surface area (Å²) in [4.78, 5) is 23.0. The minimum atomic E-state index is -1.35. The van der Waals surface area contributed by atoms with Crippen molar-refractivity contribution in [3.63, 3.8) is 0 Å². The maximum absolute atomic E-state index is 11.9. The molecule has 5 nitrogen and oxygen atoms in total. The molecule has 5 heteroatoms. The number of aliphatic hydroxyl groups is 1. The summed E-state index contributed by atoms with van der Waals surface area (Å²) in [6.45, 7) is 0. The molecule has 0 spiro atoms. The van der Waals surface area contributed by atoms with Crippen LogP contribution >= 0.6 is 0 Å². The predicted molar refractivity (Wildman–Crippen MR) is 73.4 cm³/mol. The van der Waals surface area contributed by atoms with Gasteiger partial charge in [0.2, 0.25) is 0 Å². The Hall–Kier alpha value is -2.66. The standard InChI is InChI=1S/C15H13NO4/c17-13(10-6-2-1-3-7-10)14(18)16-12-9-5-4-8-11(12)15(19)20/h1-9,13,17H,(H,16,18)(H,19,20). The van der Waals surface area contributed by atoms with Gasteiger partial charge in [0.1, 0.15) is 0 Å². The van der Waals surface area contributed by atoms with Crippen molar-refractivity contribution < 1.29 is 19.8 Å². The van der Waals surface area contributed by atoms with E-state index in [1.165, 1.54) is 12.1 Å². The Balaban J connectivity index is 2.18. The molecule has 1 amide bonds. The Morgan fingerprint density at radius 3 is 2.20 bits per heavy atom. The van der Waals surface area contributed by atoms with Crippen molar-refractivity contribution in [1.29, 1.82) is 0 Å². The Labute approximate surface area is 115 Å². The Bertz CT molecular complexity index is 625. The van der Waals surface area contributed by atoms with Gasteiger partial charge >= 0.3 is 5.97 Å². The smallest absolute Gasteiger partial charge is 0.337 e. The van der Waals surface area contributed by atoms with Crippen LogP contribution in [0.5, 0.6) is 0 Å². The van der Waals surface area contributed by atoms with Gasteiger partial charge in [-0.3, -0.25) is 4.79 Å². The van der Waals surface area contributed by atoms with Crippen LogP contribution in [0.25, 0.3) is 0 Å². The molecule has 0 aromatic heterocycles. The fraction of sp³-hybridized carbons (Fsp3) is 0.0667. The van der Waals surface area contributed by atoms with Gasteiger partial charge in [-0.15, -0.1) is 0 Å². The van der Waals surface area contributed by atoms with E-state index in [1.54, 1.807) is 42.5 Å². The normalized spacial score (nSPS) is 11.7. The molecule has 0 saturated carbocycles. The van der Waals surface area contributed by atoms with Gasteiger partial charge in [0, 0.05) is 0 Å². The molecule has 2 rings (SSSR count). The van der Waals surface area contributed by atoms with Crippen molar-refractivity contribution >= 4 is 17.6 Å². The van der Waals surface area contributed by atoms with Crippen LogP contribution in [-0.2, 0) is 4.79 Å². The number of aromatic carboxylic acids is 1. The molecule has 0 saturated heterocycles. The van der Waals surface area contributed by atoms with E-state index < -0.39 is 18.0 Å². The Morgan fingerprint density at radius 2 is 1.55 bits per heavy atom. The lowest BCUT2D eigenvalue weighted by molar-refractivity contribution is -0.124. The summed E-state index contributed by atoms with van der Waals surface area (Å²) in [6.07, 6.45) is -1.35. The third kappa shape index (κ3) is 3.02. The Kier molecular flexibility index (Phi) is 4.12. The zero-order chi connectivity index (χ0) is 14.5. The van der Waals surface area contributed by atoms with E-state index in [-0.39, 0.29) is 11.3 Å². The summed E-state index contributed by atoms with van der Waals surface area (Å²) in [6, 6.07) is 14.4. The van der Waals surface area contributed by atoms with Crippen molar-refractivity contribution in [2.45, 2.75) is 6.10 Å². The predicted octanol–water partition coefficient (Wildman–Crippen LogP) is 2.06. The number of nitrogens with one attached hydrogen (secondary N) is 1. The number of carbonyl (C=O) groups excluding carboxylic acids is 1. The number of carboxylic acid groups (broad SMARTS) is 1. The molecule has 0 aliphatic carbocycles. The molecular weight excluding hydrogens is 258 g/mol. The fourth-order valence-corrected chi connectivity index (χ4v) is 1.77. The molecule has 0 bridgehead atoms. The molecule has 0 aliphatic heterocycles. The van der Waals surface area contributed by atoms with E-state index in [1.807, 2.05) is 0 Å². The number of amides is 1. The quantitative estimate of drug-likeness (QED) is 0.794. The first-order valence-corrected chi connectivity index (χ1v) is 5.96. The first kappa shape index (κ1) is 13.8. The summed E-state index contributed by atoms with van der Waals surface area (Å²) < 4.78 is 0. The largest absolute Gasteiger partial charge is 0.478 e. The maximum atomic E-state index is 11.9. The number of rotatable bonds is 4. The lowest BCUT2D eigenvalue weighted by Gasteiger charge is -2.13. The SMILES string of the molecule is O=C(O)c1ccccc1NC(=O)C(O)c1ccccc1. The van der Waals surface area contributed by atoms with Crippen molar-refractivity contribution in [2.75, 3.05) is 5.32 Å². The second kappa shape index (κ2) is 5.99. The first-order valence-electron chi connectivity index (χ1n) is 5.96. The van der Waals surface area contributed by atoms with Gasteiger partial charge in [-0.2, -0.15) is 0 Å². The number of anilines is 1. The van der Waals surface area contributed by atoms with Crippen LogP contribution in [0.2, 0.25) is 0 Å². The van der Waals surface area contributed by atoms with E-state index in [4.69, 9.17) is 5.11 Å². The van der Waals surface area contributed by atoms with Gasteiger partial charge in [-0.1, -0.05) is 42.5 Å². The number of benzene rings is 2. The summed E-state index contributed by atoms with van der Waals surface area (Å²) in [5.41, 5.74) is 0.568. The second-order valence-corrected chi connectivity index (χ2v) is 4.15. The van der Waals surface area contributed by atoms with Crippen molar-refractivity contribution in [3.8, 4) is 0 Å². The van der Waals surface area contributed by atoms with Crippen LogP contribution in [0.15, 0.2) is 54.6 Å². The second-order valence-electron chi connectivity index (χ2n) is 4.15. The highest BCUT2D eigenvalue weighted by atomic mass is 16.4. The van der Waals surface area contributed by atoms with Crippen molar-refractivity contribution in [1.82, 2.24) is 0 Å². The highest BCUT2D eigenvalue weighted by Gasteiger charge is 2.19. The van der Waals surface area contributed by atoms with Gasteiger partial charge in [-0.05, 0) is 17.7 Å². The van der Waals surface area contributed by atoms with E-state index in [9.17, 15) is 14.7 Å². The number of carbonyl (C=O) groups is 2. The third-order valence-corrected chi connectivity index (χ3v) is 2.78. The van der Waals surface area contributed by atoms with E-state index in [0.29, 0.717) is 5.56 Å². The van der Waals surface area contributed by atoms with Crippen LogP contribution in [0.4, 0.5) is 5.69 Å². The van der Waals surface area contributed by atoms with E-state index in [2.05, 4.69) is 5.32 Å². The number of carboxylic acids is 1. The molecule has 102 valence electrons. The number of hydrogen-bond donors (Lipinski definition) is 3.